The number of hydrogen-bond donors (Lipinski definition) is 0. The summed E-state index contributed by atoms with van der Waals surface area (Å²) in [5, 5.41) is 0.952. The van der Waals surface area contributed by atoms with Gasteiger partial charge in [-0.3, -0.25) is 14.5 Å². The second-order valence-electron chi connectivity index (χ2n) is 4.20. The summed E-state index contributed by atoms with van der Waals surface area (Å²) in [6, 6.07) is -0.241. The largest absolute Gasteiger partial charge is 0.269 e. The highest BCUT2D eigenvalue weighted by Gasteiger charge is 2.34. The van der Waals surface area contributed by atoms with Gasteiger partial charge in [0.2, 0.25) is 0 Å². The summed E-state index contributed by atoms with van der Waals surface area (Å²) >= 11 is 1.53. The summed E-state index contributed by atoms with van der Waals surface area (Å²) in [5.41, 5.74) is 1.39. The maximum Gasteiger partial charge on any atom is 0.257 e. The Morgan fingerprint density at radius 1 is 1.29 bits per heavy atom. The third-order valence-corrected chi connectivity index (χ3v) is 4.08. The third-order valence-electron chi connectivity index (χ3n) is 2.84. The van der Waals surface area contributed by atoms with Crippen LogP contribution in [0.4, 0.5) is 0 Å². The summed E-state index contributed by atoms with van der Waals surface area (Å²) in [5.74, 6) is -0.432. The molecule has 2 amide bonds. The molecule has 1 aromatic heterocycles. The van der Waals surface area contributed by atoms with Crippen LogP contribution in [0.25, 0.3) is 0 Å². The number of aromatic nitrogens is 1. The Hall–Kier alpha value is -1.49. The van der Waals surface area contributed by atoms with Crippen LogP contribution >= 0.6 is 11.3 Å². The topological polar surface area (TPSA) is 50.3 Å². The second-order valence-corrected chi connectivity index (χ2v) is 5.43. The lowest BCUT2D eigenvalue weighted by molar-refractivity contribution is -0.139. The minimum atomic E-state index is -0.241. The molecule has 1 unspecified atom stereocenters. The molecule has 5 heteroatoms. The Kier molecular flexibility index (Phi) is 2.87. The van der Waals surface area contributed by atoms with E-state index in [4.69, 9.17) is 0 Å². The van der Waals surface area contributed by atoms with Crippen LogP contribution in [0.5, 0.6) is 0 Å². The quantitative estimate of drug-likeness (QED) is 0.756. The van der Waals surface area contributed by atoms with E-state index in [0.717, 1.165) is 15.6 Å². The fourth-order valence-electron chi connectivity index (χ4n) is 2.03. The van der Waals surface area contributed by atoms with Crippen molar-refractivity contribution < 1.29 is 9.59 Å². The minimum Gasteiger partial charge on any atom is -0.269 e. The standard InChI is InChI=1S/C12H14N2O2S/c1-6-5-10(15)14(12(6)16)8(3)11-7(2)13-9(4)17-11/h5,8H,1-4H3. The Balaban J connectivity index is 2.34. The number of hydrogen-bond acceptors (Lipinski definition) is 4. The molecule has 0 N–H and O–H groups in total. The lowest BCUT2D eigenvalue weighted by Gasteiger charge is -2.22. The van der Waals surface area contributed by atoms with E-state index in [1.54, 1.807) is 6.92 Å². The number of carbonyl (C=O) groups excluding carboxylic acids is 2. The number of nitrogens with zero attached hydrogens (tertiary/aromatic N) is 2. The molecule has 0 fully saturated rings. The molecule has 0 aliphatic carbocycles. The fourth-order valence-corrected chi connectivity index (χ4v) is 3.00. The summed E-state index contributed by atoms with van der Waals surface area (Å²) in [6.45, 7) is 7.35. The maximum absolute atomic E-state index is 11.9. The number of amides is 2. The highest BCUT2D eigenvalue weighted by molar-refractivity contribution is 7.11. The number of aryl methyl sites for hydroxylation is 2. The van der Waals surface area contributed by atoms with Gasteiger partial charge in [-0.25, -0.2) is 4.98 Å². The normalized spacial score (nSPS) is 17.6. The van der Waals surface area contributed by atoms with E-state index in [2.05, 4.69) is 4.98 Å². The van der Waals surface area contributed by atoms with Gasteiger partial charge in [0, 0.05) is 11.6 Å². The monoisotopic (exact) mass is 250 g/mol. The van der Waals surface area contributed by atoms with Crippen LogP contribution < -0.4 is 0 Å². The lowest BCUT2D eigenvalue weighted by atomic mass is 10.2. The third kappa shape index (κ3) is 1.91. The van der Waals surface area contributed by atoms with Gasteiger partial charge in [-0.2, -0.15) is 0 Å². The number of rotatable bonds is 2. The van der Waals surface area contributed by atoms with Gasteiger partial charge >= 0.3 is 0 Å². The van der Waals surface area contributed by atoms with Crippen LogP contribution in [0.15, 0.2) is 11.6 Å². The molecule has 1 aliphatic rings. The molecule has 2 heterocycles. The minimum absolute atomic E-state index is 0.201. The summed E-state index contributed by atoms with van der Waals surface area (Å²) in [7, 11) is 0. The molecule has 0 aromatic carbocycles. The first-order chi connectivity index (χ1) is 7.91. The predicted molar refractivity (Wildman–Crippen MR) is 65.6 cm³/mol. The van der Waals surface area contributed by atoms with Crippen LogP contribution in [-0.2, 0) is 9.59 Å². The average Bonchev–Trinajstić information content (AvgIpc) is 2.68. The molecule has 90 valence electrons. The first-order valence-electron chi connectivity index (χ1n) is 5.41. The van der Waals surface area contributed by atoms with Crippen LogP contribution in [0.3, 0.4) is 0 Å². The van der Waals surface area contributed by atoms with Crippen molar-refractivity contribution in [2.45, 2.75) is 33.7 Å². The SMILES string of the molecule is CC1=CC(=O)N(C(C)c2sc(C)nc2C)C1=O. The van der Waals surface area contributed by atoms with E-state index < -0.39 is 0 Å². The zero-order valence-electron chi connectivity index (χ0n) is 10.3. The highest BCUT2D eigenvalue weighted by Crippen LogP contribution is 2.31. The van der Waals surface area contributed by atoms with E-state index in [1.807, 2.05) is 20.8 Å². The van der Waals surface area contributed by atoms with Crippen molar-refractivity contribution in [2.24, 2.45) is 0 Å². The zero-order valence-corrected chi connectivity index (χ0v) is 11.1. The maximum atomic E-state index is 11.9. The molecule has 0 saturated heterocycles. The molecule has 2 rings (SSSR count). The molecule has 0 radical (unpaired) electrons. The van der Waals surface area contributed by atoms with Gasteiger partial charge in [0.05, 0.1) is 21.6 Å². The van der Waals surface area contributed by atoms with E-state index in [-0.39, 0.29) is 17.9 Å². The molecular formula is C12H14N2O2S. The van der Waals surface area contributed by atoms with Crippen molar-refractivity contribution in [3.05, 3.63) is 27.2 Å². The van der Waals surface area contributed by atoms with E-state index in [0.29, 0.717) is 5.57 Å². The summed E-state index contributed by atoms with van der Waals surface area (Å²) in [4.78, 5) is 30.2. The molecule has 1 aliphatic heterocycles. The predicted octanol–water partition coefficient (Wildman–Crippen LogP) is 2.14. The van der Waals surface area contributed by atoms with Gasteiger partial charge in [-0.1, -0.05) is 0 Å². The number of imide groups is 1. The Morgan fingerprint density at radius 3 is 2.35 bits per heavy atom. The first-order valence-corrected chi connectivity index (χ1v) is 6.23. The Morgan fingerprint density at radius 2 is 1.94 bits per heavy atom. The smallest absolute Gasteiger partial charge is 0.257 e. The number of carbonyl (C=O) groups is 2. The fraction of sp³-hybridized carbons (Fsp3) is 0.417. The molecule has 17 heavy (non-hydrogen) atoms. The first kappa shape index (κ1) is 12.0. The zero-order chi connectivity index (χ0) is 12.7. The molecule has 0 saturated carbocycles. The summed E-state index contributed by atoms with van der Waals surface area (Å²) in [6.07, 6.45) is 1.39. The molecule has 0 spiro atoms. The van der Waals surface area contributed by atoms with Gasteiger partial charge in [-0.05, 0) is 27.7 Å². The van der Waals surface area contributed by atoms with Crippen molar-refractivity contribution >= 4 is 23.2 Å². The van der Waals surface area contributed by atoms with E-state index >= 15 is 0 Å². The Labute approximate surface area is 104 Å². The van der Waals surface area contributed by atoms with Crippen molar-refractivity contribution in [1.29, 1.82) is 0 Å². The highest BCUT2D eigenvalue weighted by atomic mass is 32.1. The second kappa shape index (κ2) is 4.07. The van der Waals surface area contributed by atoms with Crippen molar-refractivity contribution in [3.63, 3.8) is 0 Å². The van der Waals surface area contributed by atoms with Crippen LogP contribution in [0.1, 0.15) is 35.5 Å². The molecule has 4 nitrogen and oxygen atoms in total. The van der Waals surface area contributed by atoms with Crippen LogP contribution in [0.2, 0.25) is 0 Å². The average molecular weight is 250 g/mol. The van der Waals surface area contributed by atoms with E-state index in [1.165, 1.54) is 22.3 Å². The van der Waals surface area contributed by atoms with Gasteiger partial charge in [-0.15, -0.1) is 11.3 Å². The van der Waals surface area contributed by atoms with Gasteiger partial charge in [0.25, 0.3) is 11.8 Å². The van der Waals surface area contributed by atoms with Crippen LogP contribution in [0, 0.1) is 13.8 Å². The van der Waals surface area contributed by atoms with Gasteiger partial charge in [0.1, 0.15) is 0 Å². The van der Waals surface area contributed by atoms with Crippen LogP contribution in [-0.4, -0.2) is 21.7 Å². The van der Waals surface area contributed by atoms with Crippen molar-refractivity contribution in [3.8, 4) is 0 Å². The molecule has 1 atom stereocenters. The van der Waals surface area contributed by atoms with Gasteiger partial charge in [0.15, 0.2) is 0 Å². The molecular weight excluding hydrogens is 236 g/mol. The van der Waals surface area contributed by atoms with Gasteiger partial charge < -0.3 is 0 Å². The lowest BCUT2D eigenvalue weighted by Crippen LogP contribution is -2.33. The van der Waals surface area contributed by atoms with Crippen molar-refractivity contribution in [1.82, 2.24) is 9.88 Å². The molecule has 0 bridgehead atoms. The van der Waals surface area contributed by atoms with Crippen molar-refractivity contribution in [2.75, 3.05) is 0 Å². The molecule has 1 aromatic rings. The summed E-state index contributed by atoms with van der Waals surface area (Å²) < 4.78 is 0. The van der Waals surface area contributed by atoms with E-state index in [9.17, 15) is 9.59 Å². The Bertz CT molecular complexity index is 531. The number of thiazole rings is 1.